The summed E-state index contributed by atoms with van der Waals surface area (Å²) in [5, 5.41) is 8.88. The summed E-state index contributed by atoms with van der Waals surface area (Å²) in [7, 11) is 0. The highest BCUT2D eigenvalue weighted by atomic mass is 16.1. The molecule has 0 atom stereocenters. The van der Waals surface area contributed by atoms with E-state index in [0.717, 1.165) is 24.2 Å². The molecule has 1 saturated carbocycles. The maximum Gasteiger partial charge on any atom is 0.251 e. The summed E-state index contributed by atoms with van der Waals surface area (Å²) in [5.74, 6) is 1.16. The molecule has 2 aromatic rings. The van der Waals surface area contributed by atoms with Gasteiger partial charge in [0.25, 0.3) is 5.56 Å². The molecule has 0 radical (unpaired) electrons. The third-order valence-corrected chi connectivity index (χ3v) is 3.01. The van der Waals surface area contributed by atoms with Crippen molar-refractivity contribution < 1.29 is 0 Å². The Morgan fingerprint density at radius 3 is 2.89 bits per heavy atom. The van der Waals surface area contributed by atoms with Gasteiger partial charge in [-0.3, -0.25) is 4.79 Å². The summed E-state index contributed by atoms with van der Waals surface area (Å²) in [6.07, 6.45) is 2.18. The van der Waals surface area contributed by atoms with E-state index in [9.17, 15) is 4.79 Å². The smallest absolute Gasteiger partial charge is 0.251 e. The van der Waals surface area contributed by atoms with Gasteiger partial charge in [-0.1, -0.05) is 12.1 Å². The van der Waals surface area contributed by atoms with Crippen LogP contribution < -0.4 is 5.56 Å². The van der Waals surface area contributed by atoms with Crippen LogP contribution >= 0.6 is 0 Å². The Labute approximate surface area is 104 Å². The van der Waals surface area contributed by atoms with E-state index in [0.29, 0.717) is 17.2 Å². The predicted octanol–water partition coefficient (Wildman–Crippen LogP) is 2.19. The third-order valence-electron chi connectivity index (χ3n) is 3.01. The molecule has 1 fully saturated rings. The molecule has 1 aliphatic rings. The summed E-state index contributed by atoms with van der Waals surface area (Å²) in [6, 6.07) is 10.7. The minimum absolute atomic E-state index is 0.135. The molecule has 0 unspecified atom stereocenters. The minimum atomic E-state index is -0.135. The number of H-pyrrole nitrogens is 1. The zero-order valence-electron chi connectivity index (χ0n) is 9.68. The number of nitrogens with one attached hydrogen (secondary N) is 1. The molecule has 1 aliphatic carbocycles. The fourth-order valence-electron chi connectivity index (χ4n) is 1.92. The normalized spacial score (nSPS) is 14.2. The molecule has 1 heterocycles. The fourth-order valence-corrected chi connectivity index (χ4v) is 1.92. The molecular weight excluding hydrogens is 226 g/mol. The second kappa shape index (κ2) is 4.11. The number of benzene rings is 1. The second-order valence-corrected chi connectivity index (χ2v) is 4.48. The zero-order valence-corrected chi connectivity index (χ0v) is 9.68. The van der Waals surface area contributed by atoms with Gasteiger partial charge in [-0.05, 0) is 25.0 Å². The molecule has 0 saturated heterocycles. The van der Waals surface area contributed by atoms with E-state index in [2.05, 4.69) is 16.0 Å². The minimum Gasteiger partial charge on any atom is -0.310 e. The molecule has 4 nitrogen and oxygen atoms in total. The van der Waals surface area contributed by atoms with Crippen molar-refractivity contribution in [3.05, 3.63) is 52.1 Å². The van der Waals surface area contributed by atoms with Gasteiger partial charge in [-0.25, -0.2) is 4.98 Å². The van der Waals surface area contributed by atoms with Gasteiger partial charge in [0.15, 0.2) is 0 Å². The Bertz CT molecular complexity index is 693. The molecule has 0 bridgehead atoms. The van der Waals surface area contributed by atoms with Crippen LogP contribution in [0.3, 0.4) is 0 Å². The highest BCUT2D eigenvalue weighted by Gasteiger charge is 2.26. The van der Waals surface area contributed by atoms with Gasteiger partial charge < -0.3 is 4.98 Å². The van der Waals surface area contributed by atoms with Crippen LogP contribution in [-0.4, -0.2) is 9.97 Å². The van der Waals surface area contributed by atoms with E-state index in [-0.39, 0.29) is 5.56 Å². The predicted molar refractivity (Wildman–Crippen MR) is 67.0 cm³/mol. The van der Waals surface area contributed by atoms with Crippen molar-refractivity contribution >= 4 is 0 Å². The SMILES string of the molecule is N#Cc1cccc(-c2cc(=O)[nH]c(C3CC3)n2)c1. The van der Waals surface area contributed by atoms with Crippen molar-refractivity contribution in [3.63, 3.8) is 0 Å². The summed E-state index contributed by atoms with van der Waals surface area (Å²) >= 11 is 0. The molecule has 88 valence electrons. The molecule has 0 aliphatic heterocycles. The highest BCUT2D eigenvalue weighted by molar-refractivity contribution is 5.61. The highest BCUT2D eigenvalue weighted by Crippen LogP contribution is 2.37. The molecule has 0 spiro atoms. The van der Waals surface area contributed by atoms with Crippen LogP contribution in [0.25, 0.3) is 11.3 Å². The number of hydrogen-bond donors (Lipinski definition) is 1. The van der Waals surface area contributed by atoms with E-state index in [1.54, 1.807) is 18.2 Å². The van der Waals surface area contributed by atoms with Crippen LogP contribution in [0.2, 0.25) is 0 Å². The Morgan fingerprint density at radius 1 is 1.33 bits per heavy atom. The second-order valence-electron chi connectivity index (χ2n) is 4.48. The monoisotopic (exact) mass is 237 g/mol. The lowest BCUT2D eigenvalue weighted by Gasteiger charge is -2.03. The largest absolute Gasteiger partial charge is 0.310 e. The number of nitriles is 1. The number of nitrogens with zero attached hydrogens (tertiary/aromatic N) is 2. The van der Waals surface area contributed by atoms with E-state index >= 15 is 0 Å². The van der Waals surface area contributed by atoms with Crippen LogP contribution in [-0.2, 0) is 0 Å². The number of hydrogen-bond acceptors (Lipinski definition) is 3. The summed E-state index contributed by atoms with van der Waals surface area (Å²) in [6.45, 7) is 0. The van der Waals surface area contributed by atoms with E-state index < -0.39 is 0 Å². The van der Waals surface area contributed by atoms with E-state index in [1.165, 1.54) is 6.07 Å². The maximum absolute atomic E-state index is 11.6. The van der Waals surface area contributed by atoms with Crippen LogP contribution in [0.15, 0.2) is 35.1 Å². The third kappa shape index (κ3) is 2.03. The number of aromatic amines is 1. The Morgan fingerprint density at radius 2 is 2.17 bits per heavy atom. The lowest BCUT2D eigenvalue weighted by Crippen LogP contribution is -2.10. The Hall–Kier alpha value is -2.41. The zero-order chi connectivity index (χ0) is 12.5. The Balaban J connectivity index is 2.10. The average Bonchev–Trinajstić information content (AvgIpc) is 3.22. The topological polar surface area (TPSA) is 69.5 Å². The fraction of sp³-hybridized carbons (Fsp3) is 0.214. The molecule has 1 aromatic heterocycles. The first-order valence-corrected chi connectivity index (χ1v) is 5.88. The Kier molecular flexibility index (Phi) is 2.45. The molecule has 3 rings (SSSR count). The van der Waals surface area contributed by atoms with Gasteiger partial charge in [-0.15, -0.1) is 0 Å². The van der Waals surface area contributed by atoms with Gasteiger partial charge in [-0.2, -0.15) is 5.26 Å². The first-order valence-electron chi connectivity index (χ1n) is 5.88. The molecule has 0 amide bonds. The summed E-state index contributed by atoms with van der Waals surface area (Å²) < 4.78 is 0. The molecule has 18 heavy (non-hydrogen) atoms. The van der Waals surface area contributed by atoms with Crippen LogP contribution in [0.5, 0.6) is 0 Å². The van der Waals surface area contributed by atoms with Gasteiger partial charge in [0, 0.05) is 17.5 Å². The van der Waals surface area contributed by atoms with Crippen LogP contribution in [0.1, 0.15) is 30.1 Å². The maximum atomic E-state index is 11.6. The van der Waals surface area contributed by atoms with Crippen molar-refractivity contribution in [3.8, 4) is 17.3 Å². The molecule has 1 N–H and O–H groups in total. The molecule has 1 aromatic carbocycles. The number of aromatic nitrogens is 2. The van der Waals surface area contributed by atoms with Crippen molar-refractivity contribution in [1.29, 1.82) is 5.26 Å². The van der Waals surface area contributed by atoms with Crippen molar-refractivity contribution in [2.24, 2.45) is 0 Å². The van der Waals surface area contributed by atoms with E-state index in [4.69, 9.17) is 5.26 Å². The van der Waals surface area contributed by atoms with Crippen LogP contribution in [0, 0.1) is 11.3 Å². The van der Waals surface area contributed by atoms with Crippen molar-refractivity contribution in [1.82, 2.24) is 9.97 Å². The van der Waals surface area contributed by atoms with Crippen LogP contribution in [0.4, 0.5) is 0 Å². The molecule has 4 heteroatoms. The van der Waals surface area contributed by atoms with E-state index in [1.807, 2.05) is 6.07 Å². The summed E-state index contributed by atoms with van der Waals surface area (Å²) in [4.78, 5) is 18.9. The van der Waals surface area contributed by atoms with Gasteiger partial charge in [0.1, 0.15) is 5.82 Å². The first kappa shape index (κ1) is 10.7. The van der Waals surface area contributed by atoms with Gasteiger partial charge in [0.05, 0.1) is 17.3 Å². The number of rotatable bonds is 2. The van der Waals surface area contributed by atoms with Crippen molar-refractivity contribution in [2.45, 2.75) is 18.8 Å². The lowest BCUT2D eigenvalue weighted by molar-refractivity contribution is 0.912. The van der Waals surface area contributed by atoms with Gasteiger partial charge in [0.2, 0.25) is 0 Å². The molecular formula is C14H11N3O. The standard InChI is InChI=1S/C14H11N3O/c15-8-9-2-1-3-11(6-9)12-7-13(18)17-14(16-12)10-4-5-10/h1-3,6-7,10H,4-5H2,(H,16,17,18). The average molecular weight is 237 g/mol. The van der Waals surface area contributed by atoms with Crippen molar-refractivity contribution in [2.75, 3.05) is 0 Å². The quantitative estimate of drug-likeness (QED) is 0.870. The lowest BCUT2D eigenvalue weighted by atomic mass is 10.1. The summed E-state index contributed by atoms with van der Waals surface area (Å²) in [5.41, 5.74) is 1.88. The first-order chi connectivity index (χ1) is 8.76. The van der Waals surface area contributed by atoms with Gasteiger partial charge >= 0.3 is 0 Å².